The molecular weight excluding hydrogens is 1210 g/mol. The molecule has 10 atom stereocenters. The van der Waals surface area contributed by atoms with Gasteiger partial charge in [-0.05, 0) is 122 Å². The highest BCUT2D eigenvalue weighted by molar-refractivity contribution is 5.56. The maximum atomic E-state index is 9.52. The third-order valence-electron chi connectivity index (χ3n) is 14.3. The number of anilines is 3. The first kappa shape index (κ1) is 84.5. The Morgan fingerprint density at radius 2 is 0.457 bits per heavy atom. The number of hydrogen-bond donors (Lipinski definition) is 4. The molecule has 0 amide bonds. The van der Waals surface area contributed by atoms with Crippen molar-refractivity contribution in [3.8, 4) is 0 Å². The minimum absolute atomic E-state index is 0.0752. The quantitative estimate of drug-likeness (QED) is 0.0341. The average molecular weight is 1340 g/mol. The van der Waals surface area contributed by atoms with Gasteiger partial charge in [-0.15, -0.1) is 0 Å². The van der Waals surface area contributed by atoms with Gasteiger partial charge in [-0.1, -0.05) is 36.4 Å². The van der Waals surface area contributed by atoms with E-state index < -0.39 is 24.4 Å². The number of aliphatic hydroxyl groups is 4. The van der Waals surface area contributed by atoms with Gasteiger partial charge in [0.05, 0.1) is 233 Å². The van der Waals surface area contributed by atoms with Crippen LogP contribution in [0.3, 0.4) is 0 Å². The molecule has 0 fully saturated rings. The molecule has 4 N–H and O–H groups in total. The number of rotatable bonds is 62. The highest BCUT2D eigenvalue weighted by atomic mass is 16.6. The second-order valence-corrected chi connectivity index (χ2v) is 24.3. The van der Waals surface area contributed by atoms with Gasteiger partial charge in [0, 0.05) is 63.3 Å². The third kappa shape index (κ3) is 42.2. The Morgan fingerprint density at radius 1 is 0.255 bits per heavy atom. The summed E-state index contributed by atoms with van der Waals surface area (Å²) in [4.78, 5) is 6.67. The van der Waals surface area contributed by atoms with Crippen LogP contribution in [0.4, 0.5) is 17.1 Å². The summed E-state index contributed by atoms with van der Waals surface area (Å²) in [6.45, 7) is 31.6. The van der Waals surface area contributed by atoms with Gasteiger partial charge >= 0.3 is 0 Å². The lowest BCUT2D eigenvalue weighted by atomic mass is 9.85. The fraction of sp³-hybridized carbons (Fsp3) is 0.746. The molecule has 3 aromatic rings. The molecular formula is C71H123N3O20. The van der Waals surface area contributed by atoms with E-state index in [1.165, 1.54) is 0 Å². The van der Waals surface area contributed by atoms with Crippen LogP contribution in [0.2, 0.25) is 0 Å². The van der Waals surface area contributed by atoms with E-state index in [2.05, 4.69) is 87.5 Å². The standard InChI is InChI=1S/C71H123N3O20/c1-55(75)45-89-59(5)49-87-43-39-83-35-33-79-29-25-73(27-31-81-37-41-85-51-61(7)93-53-63(9)91-47-57(3)77)69-21-15-66(16-22-69)71(65-13-19-68(20-14-65)72(11)12)67-17-23-70(24-18-67)74(26-30-80-34-36-84-40-44-88-50-60(6)90-46-56(2)76)28-32-82-38-42-86-52-62(8)94-54-64(10)92-48-58(4)78/h13-24,55-64,71,75-78H,25-54H2,1-12H3. The zero-order chi connectivity index (χ0) is 68.6. The van der Waals surface area contributed by atoms with Crippen LogP contribution in [0, 0.1) is 0 Å². The van der Waals surface area contributed by atoms with E-state index in [0.29, 0.717) is 172 Å². The van der Waals surface area contributed by atoms with E-state index >= 15 is 0 Å². The van der Waals surface area contributed by atoms with Gasteiger partial charge in [0.25, 0.3) is 0 Å². The minimum Gasteiger partial charge on any atom is -0.391 e. The Labute approximate surface area is 563 Å². The van der Waals surface area contributed by atoms with Gasteiger partial charge in [0.15, 0.2) is 0 Å². The van der Waals surface area contributed by atoms with Gasteiger partial charge in [-0.3, -0.25) is 0 Å². The van der Waals surface area contributed by atoms with Crippen LogP contribution in [-0.4, -0.2) is 294 Å². The van der Waals surface area contributed by atoms with Gasteiger partial charge in [-0.25, -0.2) is 0 Å². The van der Waals surface area contributed by atoms with Crippen LogP contribution in [0.25, 0.3) is 0 Å². The summed E-state index contributed by atoms with van der Waals surface area (Å²) in [5, 5.41) is 38.0. The summed E-state index contributed by atoms with van der Waals surface area (Å²) < 4.78 is 93.2. The second-order valence-electron chi connectivity index (χ2n) is 24.3. The molecule has 0 radical (unpaired) electrons. The third-order valence-corrected chi connectivity index (χ3v) is 14.3. The number of nitrogens with zero attached hydrogens (tertiary/aromatic N) is 3. The van der Waals surface area contributed by atoms with E-state index in [1.807, 2.05) is 55.6 Å². The molecule has 3 rings (SSSR count). The SMILES string of the molecule is CC(O)COC(C)COCCOCCOCCN(CCOCCOCC(C)OCC(C)OCC(C)O)c1ccc(C(c2ccc(N(C)C)cc2)c2ccc(N(CCOCCOCCOCC(C)OCC(C)O)CCOCCOCC(C)OCC(C)OCC(C)O)cc2)cc1. The lowest BCUT2D eigenvalue weighted by Crippen LogP contribution is -2.32. The molecule has 542 valence electrons. The van der Waals surface area contributed by atoms with Crippen molar-refractivity contribution < 1.29 is 96.2 Å². The van der Waals surface area contributed by atoms with Gasteiger partial charge in [-0.2, -0.15) is 0 Å². The molecule has 23 nitrogen and oxygen atoms in total. The molecule has 0 aliphatic carbocycles. The summed E-state index contributed by atoms with van der Waals surface area (Å²) in [5.41, 5.74) is 6.65. The predicted molar refractivity (Wildman–Crippen MR) is 366 cm³/mol. The normalized spacial score (nSPS) is 15.4. The summed E-state index contributed by atoms with van der Waals surface area (Å²) in [5.74, 6) is -0.0752. The van der Waals surface area contributed by atoms with Crippen molar-refractivity contribution in [1.82, 2.24) is 0 Å². The Kier molecular flexibility index (Phi) is 47.9. The first-order chi connectivity index (χ1) is 45.3. The smallest absolute Gasteiger partial charge is 0.0781 e. The van der Waals surface area contributed by atoms with Gasteiger partial charge in [0.2, 0.25) is 0 Å². The summed E-state index contributed by atoms with van der Waals surface area (Å²) in [6, 6.07) is 26.4. The molecule has 0 aliphatic heterocycles. The highest BCUT2D eigenvalue weighted by Gasteiger charge is 2.20. The molecule has 0 saturated carbocycles. The summed E-state index contributed by atoms with van der Waals surface area (Å²) in [7, 11) is 4.10. The number of aliphatic hydroxyl groups excluding tert-OH is 4. The fourth-order valence-corrected chi connectivity index (χ4v) is 9.16. The Hall–Kier alpha value is -3.74. The Balaban J connectivity index is 1.73. The minimum atomic E-state index is -0.523. The fourth-order valence-electron chi connectivity index (χ4n) is 9.16. The molecule has 10 unspecified atom stereocenters. The van der Waals surface area contributed by atoms with E-state index in [4.69, 9.17) is 75.8 Å². The van der Waals surface area contributed by atoms with Gasteiger partial charge < -0.3 is 111 Å². The Morgan fingerprint density at radius 3 is 0.691 bits per heavy atom. The van der Waals surface area contributed by atoms with Crippen LogP contribution < -0.4 is 14.7 Å². The van der Waals surface area contributed by atoms with E-state index in [-0.39, 0.29) is 69.0 Å². The van der Waals surface area contributed by atoms with Crippen molar-refractivity contribution in [2.45, 2.75) is 136 Å². The highest BCUT2D eigenvalue weighted by Crippen LogP contribution is 2.35. The summed E-state index contributed by atoms with van der Waals surface area (Å²) >= 11 is 0. The van der Waals surface area contributed by atoms with Crippen molar-refractivity contribution in [3.63, 3.8) is 0 Å². The molecule has 0 heterocycles. The Bertz CT molecular complexity index is 2080. The molecule has 0 bridgehead atoms. The van der Waals surface area contributed by atoms with E-state index in [0.717, 1.165) is 33.8 Å². The predicted octanol–water partition coefficient (Wildman–Crippen LogP) is 6.67. The topological polar surface area (TPSA) is 238 Å². The molecule has 23 heteroatoms. The van der Waals surface area contributed by atoms with Crippen molar-refractivity contribution in [1.29, 1.82) is 0 Å². The maximum absolute atomic E-state index is 9.52. The molecule has 0 saturated heterocycles. The zero-order valence-corrected chi connectivity index (χ0v) is 59.2. The summed E-state index contributed by atoms with van der Waals surface area (Å²) in [6.07, 6.45) is -2.83. The molecule has 3 aromatic carbocycles. The first-order valence-electron chi connectivity index (χ1n) is 34.0. The van der Waals surface area contributed by atoms with Crippen molar-refractivity contribution in [2.24, 2.45) is 0 Å². The second kappa shape index (κ2) is 53.3. The molecule has 0 aromatic heterocycles. The number of ether oxygens (including phenoxy) is 16. The number of hydrogen-bond acceptors (Lipinski definition) is 23. The zero-order valence-electron chi connectivity index (χ0n) is 59.2. The number of benzene rings is 3. The van der Waals surface area contributed by atoms with Crippen LogP contribution in [-0.2, 0) is 75.8 Å². The van der Waals surface area contributed by atoms with E-state index in [1.54, 1.807) is 27.7 Å². The van der Waals surface area contributed by atoms with Crippen LogP contribution in [0.1, 0.15) is 91.8 Å². The van der Waals surface area contributed by atoms with Crippen molar-refractivity contribution >= 4 is 17.1 Å². The first-order valence-corrected chi connectivity index (χ1v) is 34.0. The molecule has 0 aliphatic rings. The van der Waals surface area contributed by atoms with Crippen LogP contribution in [0.5, 0.6) is 0 Å². The van der Waals surface area contributed by atoms with E-state index in [9.17, 15) is 20.4 Å². The lowest BCUT2D eigenvalue weighted by molar-refractivity contribution is -0.0733. The maximum Gasteiger partial charge on any atom is 0.0781 e. The lowest BCUT2D eigenvalue weighted by Gasteiger charge is -2.27. The molecule has 0 spiro atoms. The van der Waals surface area contributed by atoms with Crippen LogP contribution in [0.15, 0.2) is 72.8 Å². The average Bonchev–Trinajstić information content (AvgIpc) is 0.810. The monoisotopic (exact) mass is 1340 g/mol. The van der Waals surface area contributed by atoms with Crippen molar-refractivity contribution in [3.05, 3.63) is 89.5 Å². The van der Waals surface area contributed by atoms with Gasteiger partial charge in [0.1, 0.15) is 0 Å². The van der Waals surface area contributed by atoms with Crippen molar-refractivity contribution in [2.75, 3.05) is 227 Å². The van der Waals surface area contributed by atoms with Crippen LogP contribution >= 0.6 is 0 Å². The molecule has 94 heavy (non-hydrogen) atoms. The largest absolute Gasteiger partial charge is 0.391 e.